The second kappa shape index (κ2) is 6.79. The summed E-state index contributed by atoms with van der Waals surface area (Å²) in [4.78, 5) is 12.8. The second-order valence-electron chi connectivity index (χ2n) is 6.82. The lowest BCUT2D eigenvalue weighted by Crippen LogP contribution is -1.91. The van der Waals surface area contributed by atoms with Gasteiger partial charge in [0.1, 0.15) is 11.6 Å². The van der Waals surface area contributed by atoms with E-state index >= 15 is 0 Å². The molecule has 1 aromatic carbocycles. The highest BCUT2D eigenvalue weighted by Crippen LogP contribution is 2.33. The number of nitrogens with zero attached hydrogens (tertiary/aromatic N) is 3. The maximum Gasteiger partial charge on any atom is 0.132 e. The van der Waals surface area contributed by atoms with Gasteiger partial charge in [-0.2, -0.15) is 5.10 Å². The van der Waals surface area contributed by atoms with E-state index in [0.29, 0.717) is 11.3 Å². The van der Waals surface area contributed by atoms with Crippen LogP contribution < -0.4 is 0 Å². The molecule has 0 aliphatic heterocycles. The fourth-order valence-corrected chi connectivity index (χ4v) is 3.02. The first kappa shape index (κ1) is 17.1. The van der Waals surface area contributed by atoms with Crippen molar-refractivity contribution in [3.8, 4) is 33.9 Å². The van der Waals surface area contributed by atoms with Crippen LogP contribution in [-0.2, 0) is 0 Å². The van der Waals surface area contributed by atoms with E-state index in [1.165, 1.54) is 6.07 Å². The van der Waals surface area contributed by atoms with Gasteiger partial charge in [0.15, 0.2) is 0 Å². The van der Waals surface area contributed by atoms with Crippen molar-refractivity contribution in [3.63, 3.8) is 0 Å². The van der Waals surface area contributed by atoms with E-state index in [9.17, 15) is 4.39 Å². The van der Waals surface area contributed by atoms with Crippen LogP contribution in [0.4, 0.5) is 4.39 Å². The minimum Gasteiger partial charge on any atom is -0.340 e. The largest absolute Gasteiger partial charge is 0.340 e. The number of nitrogens with one attached hydrogen (secondary N) is 2. The van der Waals surface area contributed by atoms with E-state index in [-0.39, 0.29) is 11.7 Å². The third-order valence-electron chi connectivity index (χ3n) is 4.43. The van der Waals surface area contributed by atoms with Gasteiger partial charge in [-0.15, -0.1) is 0 Å². The zero-order valence-corrected chi connectivity index (χ0v) is 15.4. The first-order valence-corrected chi connectivity index (χ1v) is 8.87. The number of pyridine rings is 1. The van der Waals surface area contributed by atoms with Gasteiger partial charge >= 0.3 is 0 Å². The number of aryl methyl sites for hydroxylation is 1. The van der Waals surface area contributed by atoms with Crippen LogP contribution in [0.15, 0.2) is 48.7 Å². The molecule has 2 N–H and O–H groups in total. The normalized spacial score (nSPS) is 11.3. The molecule has 0 amide bonds. The molecule has 4 aromatic rings. The van der Waals surface area contributed by atoms with Crippen LogP contribution in [0.5, 0.6) is 0 Å². The molecule has 4 rings (SSSR count). The first-order chi connectivity index (χ1) is 13.0. The molecule has 0 unspecified atom stereocenters. The van der Waals surface area contributed by atoms with Crippen molar-refractivity contribution in [2.24, 2.45) is 0 Å². The Balaban J connectivity index is 1.90. The Kier molecular flexibility index (Phi) is 4.32. The van der Waals surface area contributed by atoms with Crippen LogP contribution in [0.1, 0.15) is 31.3 Å². The third-order valence-corrected chi connectivity index (χ3v) is 4.43. The molecule has 3 heterocycles. The second-order valence-corrected chi connectivity index (χ2v) is 6.82. The SMILES string of the molecule is Cc1cccc(-c2[nH]c(C(C)C)nc2-c2ccc(F)c(-c3cc[nH]n3)c2)n1. The number of benzene rings is 1. The maximum atomic E-state index is 14.4. The van der Waals surface area contributed by atoms with Gasteiger partial charge < -0.3 is 4.98 Å². The maximum absolute atomic E-state index is 14.4. The standard InChI is InChI=1S/C21H20FN5/c1-12(2)21-25-19(20(26-21)18-6-4-5-13(3)24-18)14-7-8-16(22)15(11-14)17-9-10-23-27-17/h4-12H,1-3H3,(H,23,27)(H,25,26). The van der Waals surface area contributed by atoms with Crippen LogP contribution in [0.2, 0.25) is 0 Å². The number of aromatic nitrogens is 5. The molecular formula is C21H20FN5. The average molecular weight is 361 g/mol. The third kappa shape index (κ3) is 3.26. The Hall–Kier alpha value is -3.28. The molecule has 0 saturated heterocycles. The monoisotopic (exact) mass is 361 g/mol. The molecule has 27 heavy (non-hydrogen) atoms. The lowest BCUT2D eigenvalue weighted by atomic mass is 10.0. The average Bonchev–Trinajstić information content (AvgIpc) is 3.32. The highest BCUT2D eigenvalue weighted by atomic mass is 19.1. The van der Waals surface area contributed by atoms with E-state index in [2.05, 4.69) is 34.0 Å². The Morgan fingerprint density at radius 1 is 1.00 bits per heavy atom. The van der Waals surface area contributed by atoms with Crippen molar-refractivity contribution in [2.75, 3.05) is 0 Å². The number of imidazole rings is 1. The highest BCUT2D eigenvalue weighted by Gasteiger charge is 2.18. The van der Waals surface area contributed by atoms with E-state index < -0.39 is 0 Å². The molecule has 0 fully saturated rings. The number of H-pyrrole nitrogens is 2. The van der Waals surface area contributed by atoms with E-state index in [4.69, 9.17) is 4.98 Å². The summed E-state index contributed by atoms with van der Waals surface area (Å²) in [5.74, 6) is 0.781. The molecule has 3 aromatic heterocycles. The molecule has 0 aliphatic carbocycles. The zero-order chi connectivity index (χ0) is 19.0. The van der Waals surface area contributed by atoms with Gasteiger partial charge in [0, 0.05) is 28.9 Å². The Morgan fingerprint density at radius 3 is 2.56 bits per heavy atom. The topological polar surface area (TPSA) is 70.2 Å². The molecule has 0 saturated carbocycles. The van der Waals surface area contributed by atoms with Gasteiger partial charge in [-0.1, -0.05) is 19.9 Å². The molecule has 0 bridgehead atoms. The van der Waals surface area contributed by atoms with Gasteiger partial charge in [0.2, 0.25) is 0 Å². The van der Waals surface area contributed by atoms with Crippen molar-refractivity contribution in [1.29, 1.82) is 0 Å². The zero-order valence-electron chi connectivity index (χ0n) is 15.4. The fourth-order valence-electron chi connectivity index (χ4n) is 3.02. The Bertz CT molecular complexity index is 1080. The number of halogens is 1. The quantitative estimate of drug-likeness (QED) is 0.531. The highest BCUT2D eigenvalue weighted by molar-refractivity contribution is 5.79. The molecule has 0 aliphatic rings. The number of hydrogen-bond acceptors (Lipinski definition) is 3. The minimum absolute atomic E-state index is 0.230. The van der Waals surface area contributed by atoms with Crippen LogP contribution in [-0.4, -0.2) is 25.1 Å². The van der Waals surface area contributed by atoms with Gasteiger partial charge in [-0.25, -0.2) is 9.37 Å². The van der Waals surface area contributed by atoms with E-state index in [1.54, 1.807) is 24.4 Å². The number of aromatic amines is 2. The van der Waals surface area contributed by atoms with Crippen molar-refractivity contribution in [3.05, 3.63) is 66.0 Å². The van der Waals surface area contributed by atoms with E-state index in [1.807, 2.05) is 25.1 Å². The summed E-state index contributed by atoms with van der Waals surface area (Å²) in [7, 11) is 0. The summed E-state index contributed by atoms with van der Waals surface area (Å²) in [6, 6.07) is 12.6. The van der Waals surface area contributed by atoms with Gasteiger partial charge in [0.05, 0.1) is 22.8 Å². The lowest BCUT2D eigenvalue weighted by molar-refractivity contribution is 0.631. The van der Waals surface area contributed by atoms with Crippen LogP contribution >= 0.6 is 0 Å². The fraction of sp³-hybridized carbons (Fsp3) is 0.190. The van der Waals surface area contributed by atoms with Crippen LogP contribution in [0.25, 0.3) is 33.9 Å². The van der Waals surface area contributed by atoms with Gasteiger partial charge in [-0.05, 0) is 43.3 Å². The van der Waals surface area contributed by atoms with Gasteiger partial charge in [-0.3, -0.25) is 10.1 Å². The predicted octanol–water partition coefficient (Wildman–Crippen LogP) is 5.10. The van der Waals surface area contributed by atoms with Crippen molar-refractivity contribution in [2.45, 2.75) is 26.7 Å². The van der Waals surface area contributed by atoms with E-state index in [0.717, 1.165) is 34.2 Å². The summed E-state index contributed by atoms with van der Waals surface area (Å²) in [5, 5.41) is 6.83. The van der Waals surface area contributed by atoms with Crippen LogP contribution in [0.3, 0.4) is 0 Å². The van der Waals surface area contributed by atoms with Crippen LogP contribution in [0, 0.1) is 12.7 Å². The summed E-state index contributed by atoms with van der Waals surface area (Å²) in [6.45, 7) is 6.11. The van der Waals surface area contributed by atoms with Crippen molar-refractivity contribution >= 4 is 0 Å². The molecule has 136 valence electrons. The lowest BCUT2D eigenvalue weighted by Gasteiger charge is -2.06. The first-order valence-electron chi connectivity index (χ1n) is 8.87. The Labute approximate surface area is 156 Å². The smallest absolute Gasteiger partial charge is 0.132 e. The van der Waals surface area contributed by atoms with Crippen molar-refractivity contribution in [1.82, 2.24) is 25.1 Å². The summed E-state index contributed by atoms with van der Waals surface area (Å²) in [6.07, 6.45) is 1.68. The molecule has 5 nitrogen and oxygen atoms in total. The molecule has 0 spiro atoms. The molecule has 6 heteroatoms. The predicted molar refractivity (Wildman–Crippen MR) is 104 cm³/mol. The molecule has 0 atom stereocenters. The summed E-state index contributed by atoms with van der Waals surface area (Å²) in [5.41, 5.74) is 5.15. The summed E-state index contributed by atoms with van der Waals surface area (Å²) < 4.78 is 14.4. The summed E-state index contributed by atoms with van der Waals surface area (Å²) >= 11 is 0. The Morgan fingerprint density at radius 2 is 1.85 bits per heavy atom. The van der Waals surface area contributed by atoms with Gasteiger partial charge in [0.25, 0.3) is 0 Å². The minimum atomic E-state index is -0.319. The molecule has 0 radical (unpaired) electrons. The number of rotatable bonds is 4. The molecular weight excluding hydrogens is 341 g/mol. The number of hydrogen-bond donors (Lipinski definition) is 2. The van der Waals surface area contributed by atoms with Crippen molar-refractivity contribution < 1.29 is 4.39 Å².